The second kappa shape index (κ2) is 5.27. The predicted octanol–water partition coefficient (Wildman–Crippen LogP) is 1.41. The van der Waals surface area contributed by atoms with Crippen molar-refractivity contribution in [1.82, 2.24) is 0 Å². The van der Waals surface area contributed by atoms with Crippen molar-refractivity contribution < 1.29 is 17.5 Å². The Balaban J connectivity index is 3.93. The standard InChI is InChI=1S/C7H10F3NS/c1-3-5-11(6-4-2)12-7(8,9)10/h3-4H,1-2,5-6H2/p+1. The molecule has 0 atom stereocenters. The largest absolute Gasteiger partial charge is 0.496 e. The Bertz CT molecular complexity index is 145. The van der Waals surface area contributed by atoms with Crippen LogP contribution in [0, 0.1) is 0 Å². The minimum atomic E-state index is -4.19. The molecule has 0 aliphatic heterocycles. The quantitative estimate of drug-likeness (QED) is 0.517. The van der Waals surface area contributed by atoms with Crippen LogP contribution in [0.1, 0.15) is 0 Å². The first kappa shape index (κ1) is 11.6. The molecule has 1 nitrogen and oxygen atoms in total. The number of nitrogens with one attached hydrogen (secondary N) is 1. The molecule has 0 fully saturated rings. The zero-order valence-corrected chi connectivity index (χ0v) is 7.34. The lowest BCUT2D eigenvalue weighted by Crippen LogP contribution is -3.05. The number of hydrogen-bond acceptors (Lipinski definition) is 1. The molecule has 0 amide bonds. The third kappa shape index (κ3) is 6.30. The Morgan fingerprint density at radius 1 is 1.17 bits per heavy atom. The summed E-state index contributed by atoms with van der Waals surface area (Å²) in [7, 11) is 0. The Kier molecular flexibility index (Phi) is 5.08. The molecule has 0 aliphatic rings. The molecule has 5 heteroatoms. The maximum atomic E-state index is 11.8. The fourth-order valence-electron chi connectivity index (χ4n) is 0.652. The molecule has 0 heterocycles. The van der Waals surface area contributed by atoms with Gasteiger partial charge in [0, 0.05) is 0 Å². The molecule has 0 aromatic heterocycles. The summed E-state index contributed by atoms with van der Waals surface area (Å²) >= 11 is -0.0748. The first-order chi connectivity index (χ1) is 5.49. The van der Waals surface area contributed by atoms with Gasteiger partial charge in [0.2, 0.25) is 0 Å². The van der Waals surface area contributed by atoms with Crippen LogP contribution in [0.5, 0.6) is 0 Å². The highest BCUT2D eigenvalue weighted by Gasteiger charge is 2.36. The van der Waals surface area contributed by atoms with Crippen LogP contribution in [0.25, 0.3) is 0 Å². The SMILES string of the molecule is C=CC[NH+](CC=C)SC(F)(F)F. The summed E-state index contributed by atoms with van der Waals surface area (Å²) in [6.07, 6.45) is 2.91. The van der Waals surface area contributed by atoms with Crippen molar-refractivity contribution >= 4 is 11.9 Å². The summed E-state index contributed by atoms with van der Waals surface area (Å²) in [4.78, 5) is 0. The lowest BCUT2D eigenvalue weighted by atomic mass is 10.5. The van der Waals surface area contributed by atoms with Crippen LogP contribution in [0.3, 0.4) is 0 Å². The van der Waals surface area contributed by atoms with Gasteiger partial charge in [0.15, 0.2) is 11.9 Å². The second-order valence-corrected chi connectivity index (χ2v) is 3.32. The number of halogens is 3. The van der Waals surface area contributed by atoms with Crippen LogP contribution < -0.4 is 4.31 Å². The third-order valence-corrected chi connectivity index (χ3v) is 1.86. The molecule has 0 bridgehead atoms. The van der Waals surface area contributed by atoms with Gasteiger partial charge in [-0.1, -0.05) is 13.2 Å². The van der Waals surface area contributed by atoms with Gasteiger partial charge >= 0.3 is 5.51 Å². The van der Waals surface area contributed by atoms with E-state index in [9.17, 15) is 13.2 Å². The van der Waals surface area contributed by atoms with Crippen LogP contribution in [-0.4, -0.2) is 18.6 Å². The fraction of sp³-hybridized carbons (Fsp3) is 0.429. The first-order valence-electron chi connectivity index (χ1n) is 3.32. The third-order valence-electron chi connectivity index (χ3n) is 1.00. The average Bonchev–Trinajstić information content (AvgIpc) is 1.84. The predicted molar refractivity (Wildman–Crippen MR) is 44.7 cm³/mol. The van der Waals surface area contributed by atoms with E-state index in [1.807, 2.05) is 0 Å². The lowest BCUT2D eigenvalue weighted by molar-refractivity contribution is -0.742. The van der Waals surface area contributed by atoms with Crippen LogP contribution in [0.4, 0.5) is 13.2 Å². The maximum Gasteiger partial charge on any atom is 0.496 e. The van der Waals surface area contributed by atoms with Gasteiger partial charge in [0.1, 0.15) is 13.1 Å². The molecular formula is C7H11F3NS+. The van der Waals surface area contributed by atoms with Crippen molar-refractivity contribution in [2.75, 3.05) is 13.1 Å². The van der Waals surface area contributed by atoms with Gasteiger partial charge in [-0.3, -0.25) is 4.31 Å². The Hall–Kier alpha value is -0.420. The number of rotatable bonds is 5. The van der Waals surface area contributed by atoms with E-state index in [2.05, 4.69) is 13.2 Å². The van der Waals surface area contributed by atoms with Gasteiger partial charge in [-0.2, -0.15) is 13.2 Å². The van der Waals surface area contributed by atoms with Crippen LogP contribution in [0.15, 0.2) is 25.3 Å². The Labute approximate surface area is 74.1 Å². The van der Waals surface area contributed by atoms with E-state index in [0.29, 0.717) is 4.31 Å². The summed E-state index contributed by atoms with van der Waals surface area (Å²) in [5, 5.41) is 0. The molecule has 0 rings (SSSR count). The molecular weight excluding hydrogens is 187 g/mol. The molecule has 0 unspecified atom stereocenters. The zero-order valence-electron chi connectivity index (χ0n) is 6.53. The molecule has 0 aromatic carbocycles. The van der Waals surface area contributed by atoms with Crippen molar-refractivity contribution in [3.63, 3.8) is 0 Å². The minimum absolute atomic E-state index is 0.0748. The highest BCUT2D eigenvalue weighted by atomic mass is 32.2. The fourth-order valence-corrected chi connectivity index (χ4v) is 1.38. The van der Waals surface area contributed by atoms with E-state index < -0.39 is 5.51 Å². The van der Waals surface area contributed by atoms with Crippen molar-refractivity contribution in [3.05, 3.63) is 25.3 Å². The highest BCUT2D eigenvalue weighted by Crippen LogP contribution is 2.24. The summed E-state index contributed by atoms with van der Waals surface area (Å²) < 4.78 is 35.8. The minimum Gasteiger partial charge on any atom is -0.259 e. The van der Waals surface area contributed by atoms with Crippen LogP contribution >= 0.6 is 11.9 Å². The monoisotopic (exact) mass is 198 g/mol. The highest BCUT2D eigenvalue weighted by molar-refractivity contribution is 7.93. The summed E-state index contributed by atoms with van der Waals surface area (Å²) in [6.45, 7) is 7.30. The number of alkyl halides is 3. The Morgan fingerprint density at radius 2 is 1.58 bits per heavy atom. The molecule has 1 N–H and O–H groups in total. The van der Waals surface area contributed by atoms with Crippen LogP contribution in [-0.2, 0) is 0 Å². The summed E-state index contributed by atoms with van der Waals surface area (Å²) in [5.74, 6) is 0. The molecule has 0 aromatic rings. The molecule has 0 radical (unpaired) electrons. The van der Waals surface area contributed by atoms with Crippen LogP contribution in [0.2, 0.25) is 0 Å². The van der Waals surface area contributed by atoms with Gasteiger partial charge < -0.3 is 0 Å². The smallest absolute Gasteiger partial charge is 0.259 e. The second-order valence-electron chi connectivity index (χ2n) is 2.07. The maximum absolute atomic E-state index is 11.8. The van der Waals surface area contributed by atoms with Crippen molar-refractivity contribution in [3.8, 4) is 0 Å². The van der Waals surface area contributed by atoms with Gasteiger partial charge in [-0.25, -0.2) is 0 Å². The Morgan fingerprint density at radius 3 is 1.83 bits per heavy atom. The molecule has 12 heavy (non-hydrogen) atoms. The molecule has 0 saturated heterocycles. The zero-order chi connectivity index (χ0) is 9.61. The normalized spacial score (nSPS) is 11.7. The van der Waals surface area contributed by atoms with E-state index in [4.69, 9.17) is 0 Å². The van der Waals surface area contributed by atoms with E-state index in [1.54, 1.807) is 0 Å². The van der Waals surface area contributed by atoms with Gasteiger partial charge in [0.05, 0.1) is 0 Å². The summed E-state index contributed by atoms with van der Waals surface area (Å²) in [5.41, 5.74) is -4.19. The van der Waals surface area contributed by atoms with E-state index in [1.165, 1.54) is 12.2 Å². The van der Waals surface area contributed by atoms with E-state index in [0.717, 1.165) is 0 Å². The average molecular weight is 198 g/mol. The van der Waals surface area contributed by atoms with Gasteiger partial charge in [-0.05, 0) is 12.2 Å². The van der Waals surface area contributed by atoms with Gasteiger partial charge in [-0.15, -0.1) is 0 Å². The molecule has 70 valence electrons. The molecule has 0 saturated carbocycles. The van der Waals surface area contributed by atoms with E-state index in [-0.39, 0.29) is 25.0 Å². The van der Waals surface area contributed by atoms with Crippen molar-refractivity contribution in [2.45, 2.75) is 5.51 Å². The number of hydrogen-bond donors (Lipinski definition) is 1. The van der Waals surface area contributed by atoms with E-state index >= 15 is 0 Å². The lowest BCUT2D eigenvalue weighted by Gasteiger charge is -2.13. The molecule has 0 aliphatic carbocycles. The van der Waals surface area contributed by atoms with Crippen molar-refractivity contribution in [2.24, 2.45) is 0 Å². The van der Waals surface area contributed by atoms with Crippen molar-refractivity contribution in [1.29, 1.82) is 0 Å². The number of quaternary nitrogens is 1. The first-order valence-corrected chi connectivity index (χ1v) is 4.13. The topological polar surface area (TPSA) is 4.44 Å². The molecule has 0 spiro atoms. The summed E-state index contributed by atoms with van der Waals surface area (Å²) in [6, 6.07) is 0. The van der Waals surface area contributed by atoms with Gasteiger partial charge in [0.25, 0.3) is 0 Å².